The van der Waals surface area contributed by atoms with E-state index in [-0.39, 0.29) is 0 Å². The minimum Gasteiger partial charge on any atom is -0.327 e. The van der Waals surface area contributed by atoms with Crippen molar-refractivity contribution in [3.8, 4) is 11.2 Å². The summed E-state index contributed by atoms with van der Waals surface area (Å²) in [6, 6.07) is 4.57. The van der Waals surface area contributed by atoms with Gasteiger partial charge in [-0.05, 0) is 39.2 Å². The third kappa shape index (κ3) is 2.28. The van der Waals surface area contributed by atoms with Crippen LogP contribution in [0.5, 0.6) is 0 Å². The van der Waals surface area contributed by atoms with E-state index in [0.717, 1.165) is 16.6 Å². The van der Waals surface area contributed by atoms with Crippen LogP contribution in [-0.2, 0) is 0 Å². The van der Waals surface area contributed by atoms with Crippen LogP contribution in [0, 0.1) is 11.2 Å². The van der Waals surface area contributed by atoms with Crippen LogP contribution in [-0.4, -0.2) is 9.55 Å². The monoisotopic (exact) mass is 374 g/mol. The van der Waals surface area contributed by atoms with Crippen molar-refractivity contribution in [3.63, 3.8) is 0 Å². The molecule has 0 aliphatic heterocycles. The Morgan fingerprint density at radius 3 is 3.00 bits per heavy atom. The van der Waals surface area contributed by atoms with E-state index in [9.17, 15) is 0 Å². The Morgan fingerprint density at radius 2 is 2.29 bits per heavy atom. The molecule has 0 N–H and O–H groups in total. The minimum absolute atomic E-state index is 0.623. The predicted octanol–water partition coefficient (Wildman–Crippen LogP) is 4.42. The Kier molecular flexibility index (Phi) is 3.24. The molecule has 1 aliphatic rings. The van der Waals surface area contributed by atoms with Crippen LogP contribution in [0.2, 0.25) is 5.02 Å². The van der Waals surface area contributed by atoms with E-state index < -0.39 is 0 Å². The fourth-order valence-corrected chi connectivity index (χ4v) is 2.55. The van der Waals surface area contributed by atoms with Crippen LogP contribution in [0.4, 0.5) is 0 Å². The number of hydrogen-bond acceptors (Lipinski definition) is 2. The summed E-state index contributed by atoms with van der Waals surface area (Å²) >= 11 is 8.38. The number of imidazole rings is 1. The molecule has 1 saturated carbocycles. The van der Waals surface area contributed by atoms with Crippen molar-refractivity contribution in [1.82, 2.24) is 9.55 Å². The highest BCUT2D eigenvalue weighted by atomic mass is 127. The quantitative estimate of drug-likeness (QED) is 0.543. The number of nitrogens with zero attached hydrogens (tertiary/aromatic N) is 2. The second kappa shape index (κ2) is 4.71. The third-order valence-corrected chi connectivity index (χ3v) is 3.98. The topological polar surface area (TPSA) is 17.8 Å². The zero-order valence-electron chi connectivity index (χ0n) is 8.78. The van der Waals surface area contributed by atoms with Crippen LogP contribution in [0.15, 0.2) is 18.5 Å². The molecular weight excluding hydrogens is 367 g/mol. The van der Waals surface area contributed by atoms with Gasteiger partial charge in [-0.3, -0.25) is 0 Å². The van der Waals surface area contributed by atoms with E-state index in [1.165, 1.54) is 21.8 Å². The van der Waals surface area contributed by atoms with Crippen molar-refractivity contribution in [3.05, 3.63) is 29.0 Å². The first-order valence-electron chi connectivity index (χ1n) is 5.24. The minimum atomic E-state index is 0.623. The van der Waals surface area contributed by atoms with Gasteiger partial charge in [0.25, 0.3) is 0 Å². The summed E-state index contributed by atoms with van der Waals surface area (Å²) in [5.74, 6) is 3.03. The Morgan fingerprint density at radius 1 is 1.47 bits per heavy atom. The lowest BCUT2D eigenvalue weighted by Gasteiger charge is -2.02. The molecule has 0 radical (unpaired) electrons. The van der Waals surface area contributed by atoms with Crippen molar-refractivity contribution in [1.29, 1.82) is 0 Å². The molecule has 0 bridgehead atoms. The van der Waals surface area contributed by atoms with Crippen molar-refractivity contribution < 1.29 is 0 Å². The van der Waals surface area contributed by atoms with Gasteiger partial charge in [-0.25, -0.2) is 4.98 Å². The summed E-state index contributed by atoms with van der Waals surface area (Å²) in [7, 11) is 1.46. The average molecular weight is 375 g/mol. The molecule has 2 aromatic rings. The number of halogens is 2. The molecule has 2 nitrogen and oxygen atoms in total. The first kappa shape index (κ1) is 11.7. The van der Waals surface area contributed by atoms with E-state index in [1.807, 2.05) is 18.5 Å². The van der Waals surface area contributed by atoms with Gasteiger partial charge in [0.1, 0.15) is 0 Å². The summed E-state index contributed by atoms with van der Waals surface area (Å²) < 4.78 is 2.21. The van der Waals surface area contributed by atoms with Crippen molar-refractivity contribution in [2.45, 2.75) is 18.9 Å². The van der Waals surface area contributed by atoms with E-state index >= 15 is 0 Å². The van der Waals surface area contributed by atoms with Gasteiger partial charge in [0, 0.05) is 32.8 Å². The normalized spacial score (nSPS) is 14.7. The Labute approximate surface area is 121 Å². The molecule has 86 valence electrons. The van der Waals surface area contributed by atoms with Crippen molar-refractivity contribution in [2.75, 3.05) is 0 Å². The van der Waals surface area contributed by atoms with Gasteiger partial charge >= 0.3 is 0 Å². The third-order valence-electron chi connectivity index (χ3n) is 2.83. The molecule has 0 amide bonds. The average Bonchev–Trinajstić information content (AvgIpc) is 3.08. The molecular formula is C12H8ClIN2S. The maximum atomic E-state index is 6.24. The van der Waals surface area contributed by atoms with E-state index in [2.05, 4.69) is 41.9 Å². The smallest absolute Gasteiger partial charge is 0.0960 e. The van der Waals surface area contributed by atoms with Crippen molar-refractivity contribution >= 4 is 52.8 Å². The fraction of sp³-hybridized carbons (Fsp3) is 0.250. The molecule has 1 fully saturated rings. The molecule has 3 rings (SSSR count). The Hall–Kier alpha value is -0.380. The lowest BCUT2D eigenvalue weighted by Crippen LogP contribution is -1.90. The highest BCUT2D eigenvalue weighted by molar-refractivity contribution is 14.2. The zero-order chi connectivity index (χ0) is 11.8. The standard InChI is InChI=1S/C12H8ClIN2S/c13-10-6-12-11(5-8(10)3-4-17-14)15-7-16(12)9-1-2-9/h5-7,9H,1-2H2. The fourth-order valence-electron chi connectivity index (χ4n) is 1.86. The molecule has 1 aromatic carbocycles. The number of rotatable bonds is 1. The number of fused-ring (bicyclic) bond motifs is 1. The highest BCUT2D eigenvalue weighted by Crippen LogP contribution is 2.37. The predicted molar refractivity (Wildman–Crippen MR) is 81.5 cm³/mol. The largest absolute Gasteiger partial charge is 0.327 e. The van der Waals surface area contributed by atoms with Gasteiger partial charge < -0.3 is 4.57 Å². The molecule has 5 heteroatoms. The van der Waals surface area contributed by atoms with Gasteiger partial charge in [-0.1, -0.05) is 17.5 Å². The lowest BCUT2D eigenvalue weighted by atomic mass is 10.2. The van der Waals surface area contributed by atoms with Gasteiger partial charge in [0.2, 0.25) is 0 Å². The van der Waals surface area contributed by atoms with Crippen LogP contribution in [0.3, 0.4) is 0 Å². The van der Waals surface area contributed by atoms with Crippen molar-refractivity contribution in [2.24, 2.45) is 0 Å². The van der Waals surface area contributed by atoms with E-state index in [0.29, 0.717) is 11.1 Å². The van der Waals surface area contributed by atoms with Crippen LogP contribution < -0.4 is 0 Å². The Balaban J connectivity index is 2.13. The summed E-state index contributed by atoms with van der Waals surface area (Å²) in [6.45, 7) is 0. The molecule has 0 unspecified atom stereocenters. The molecule has 1 heterocycles. The molecule has 17 heavy (non-hydrogen) atoms. The maximum Gasteiger partial charge on any atom is 0.0960 e. The number of aromatic nitrogens is 2. The SMILES string of the molecule is Clc1cc2c(cc1C#CSI)ncn2C1CC1. The van der Waals surface area contributed by atoms with Gasteiger partial charge in [0.05, 0.1) is 22.4 Å². The van der Waals surface area contributed by atoms with E-state index in [1.54, 1.807) is 0 Å². The summed E-state index contributed by atoms with van der Waals surface area (Å²) in [6.07, 6.45) is 4.40. The molecule has 1 aliphatic carbocycles. The Bertz CT molecular complexity index is 637. The number of benzene rings is 1. The second-order valence-electron chi connectivity index (χ2n) is 4.01. The first-order valence-corrected chi connectivity index (χ1v) is 8.98. The van der Waals surface area contributed by atoms with Gasteiger partial charge in [0.15, 0.2) is 0 Å². The van der Waals surface area contributed by atoms with Gasteiger partial charge in [-0.15, -0.1) is 0 Å². The van der Waals surface area contributed by atoms with Crippen LogP contribution in [0.25, 0.3) is 11.0 Å². The summed E-state index contributed by atoms with van der Waals surface area (Å²) in [4.78, 5) is 4.42. The first-order chi connectivity index (χ1) is 8.29. The lowest BCUT2D eigenvalue weighted by molar-refractivity contribution is 0.766. The van der Waals surface area contributed by atoms with Gasteiger partial charge in [-0.2, -0.15) is 0 Å². The summed E-state index contributed by atoms with van der Waals surface area (Å²) in [5, 5.41) is 3.65. The summed E-state index contributed by atoms with van der Waals surface area (Å²) in [5.41, 5.74) is 2.94. The van der Waals surface area contributed by atoms with E-state index in [4.69, 9.17) is 11.6 Å². The molecule has 0 spiro atoms. The highest BCUT2D eigenvalue weighted by Gasteiger charge is 2.25. The maximum absolute atomic E-state index is 6.24. The van der Waals surface area contributed by atoms with Crippen LogP contribution >= 0.6 is 41.7 Å². The zero-order valence-corrected chi connectivity index (χ0v) is 12.5. The molecule has 0 saturated heterocycles. The molecule has 0 atom stereocenters. The molecule has 1 aromatic heterocycles. The second-order valence-corrected chi connectivity index (χ2v) is 6.09. The number of hydrogen-bond donors (Lipinski definition) is 0. The van der Waals surface area contributed by atoms with Crippen LogP contribution in [0.1, 0.15) is 24.4 Å².